The van der Waals surface area contributed by atoms with Crippen LogP contribution in [0.25, 0.3) is 11.2 Å². The molecule has 0 spiro atoms. The number of imidazole rings is 1. The molecule has 0 saturated carbocycles. The molecule has 0 bridgehead atoms. The van der Waals surface area contributed by atoms with Crippen molar-refractivity contribution >= 4 is 49.9 Å². The van der Waals surface area contributed by atoms with Gasteiger partial charge in [0.25, 0.3) is 0 Å². The third kappa shape index (κ3) is 5.02. The maximum atomic E-state index is 14.1. The molecule has 0 radical (unpaired) electrons. The van der Waals surface area contributed by atoms with Gasteiger partial charge >= 0.3 is 16.4 Å². The van der Waals surface area contributed by atoms with Crippen LogP contribution in [0.15, 0.2) is 36.3 Å². The Balaban J connectivity index is 1.90. The Kier molecular flexibility index (Phi) is 6.69. The van der Waals surface area contributed by atoms with E-state index in [0.29, 0.717) is 11.6 Å². The van der Waals surface area contributed by atoms with Crippen LogP contribution in [0.4, 0.5) is 10.2 Å². The van der Waals surface area contributed by atoms with Crippen molar-refractivity contribution in [1.82, 2.24) is 19.5 Å². The van der Waals surface area contributed by atoms with Gasteiger partial charge in [0.15, 0.2) is 17.0 Å². The Bertz CT molecular complexity index is 1330. The molecule has 0 saturated heterocycles. The summed E-state index contributed by atoms with van der Waals surface area (Å²) in [6.07, 6.45) is 0.697. The SMILES string of the molecule is CC(CCOS(N)(=O)=O)n1c(C(C2=COCO2)c2ccccc2I)nc2c(N)nc(F)nc21. The van der Waals surface area contributed by atoms with Crippen LogP contribution in [-0.2, 0) is 24.0 Å². The Morgan fingerprint density at radius 1 is 1.30 bits per heavy atom. The van der Waals surface area contributed by atoms with Gasteiger partial charge in [-0.25, -0.2) is 10.1 Å². The number of anilines is 1. The van der Waals surface area contributed by atoms with Gasteiger partial charge in [0, 0.05) is 9.61 Å². The number of aromatic nitrogens is 4. The van der Waals surface area contributed by atoms with Crippen LogP contribution in [0.1, 0.15) is 36.7 Å². The summed E-state index contributed by atoms with van der Waals surface area (Å²) >= 11 is 2.21. The van der Waals surface area contributed by atoms with Gasteiger partial charge in [-0.2, -0.15) is 22.8 Å². The Morgan fingerprint density at radius 2 is 2.06 bits per heavy atom. The molecule has 2 atom stereocenters. The minimum atomic E-state index is -4.11. The summed E-state index contributed by atoms with van der Waals surface area (Å²) < 4.78 is 54.8. The Hall–Kier alpha value is -2.56. The van der Waals surface area contributed by atoms with E-state index in [1.807, 2.05) is 24.3 Å². The minimum absolute atomic E-state index is 0.0454. The molecular weight excluding hydrogens is 570 g/mol. The molecule has 1 aromatic carbocycles. The zero-order chi connectivity index (χ0) is 23.8. The van der Waals surface area contributed by atoms with Gasteiger partial charge in [-0.3, -0.25) is 4.18 Å². The highest BCUT2D eigenvalue weighted by atomic mass is 127. The third-order valence-corrected chi connectivity index (χ3v) is 6.52. The average molecular weight is 590 g/mol. The molecule has 0 amide bonds. The van der Waals surface area contributed by atoms with Crippen LogP contribution < -0.4 is 10.9 Å². The zero-order valence-electron chi connectivity index (χ0n) is 17.3. The fourth-order valence-corrected chi connectivity index (χ4v) is 4.65. The number of hydrogen-bond acceptors (Lipinski definition) is 9. The summed E-state index contributed by atoms with van der Waals surface area (Å²) in [5.41, 5.74) is 7.20. The predicted molar refractivity (Wildman–Crippen MR) is 124 cm³/mol. The maximum Gasteiger partial charge on any atom is 0.333 e. The molecule has 3 aromatic rings. The number of fused-ring (bicyclic) bond motifs is 1. The quantitative estimate of drug-likeness (QED) is 0.297. The normalized spacial score (nSPS) is 15.7. The molecule has 4 rings (SSSR count). The number of allylic oxidation sites excluding steroid dienone is 1. The molecule has 33 heavy (non-hydrogen) atoms. The summed E-state index contributed by atoms with van der Waals surface area (Å²) in [6, 6.07) is 7.20. The van der Waals surface area contributed by atoms with Crippen molar-refractivity contribution in [3.05, 3.63) is 57.3 Å². The molecule has 14 heteroatoms. The van der Waals surface area contributed by atoms with Gasteiger partial charge in [0.05, 0.1) is 6.61 Å². The summed E-state index contributed by atoms with van der Waals surface area (Å²) in [6.45, 7) is 1.64. The first-order valence-corrected chi connectivity index (χ1v) is 12.3. The van der Waals surface area contributed by atoms with Crippen molar-refractivity contribution in [2.24, 2.45) is 5.14 Å². The van der Waals surface area contributed by atoms with Crippen molar-refractivity contribution in [3.8, 4) is 0 Å². The van der Waals surface area contributed by atoms with Crippen molar-refractivity contribution in [2.75, 3.05) is 19.1 Å². The molecular formula is C19H20FIN6O5S. The van der Waals surface area contributed by atoms with Crippen molar-refractivity contribution in [2.45, 2.75) is 25.3 Å². The molecule has 0 fully saturated rings. The summed E-state index contributed by atoms with van der Waals surface area (Å²) in [7, 11) is -4.11. The average Bonchev–Trinajstić information content (AvgIpc) is 3.37. The van der Waals surface area contributed by atoms with Crippen LogP contribution in [0, 0.1) is 9.65 Å². The van der Waals surface area contributed by atoms with Crippen molar-refractivity contribution in [3.63, 3.8) is 0 Å². The smallest absolute Gasteiger partial charge is 0.333 e. The maximum absolute atomic E-state index is 14.1. The number of nitrogen functional groups attached to an aromatic ring is 1. The monoisotopic (exact) mass is 590 g/mol. The summed E-state index contributed by atoms with van der Waals surface area (Å²) in [4.78, 5) is 12.2. The van der Waals surface area contributed by atoms with Gasteiger partial charge in [0.1, 0.15) is 23.8 Å². The van der Waals surface area contributed by atoms with Gasteiger partial charge in [-0.05, 0) is 47.6 Å². The van der Waals surface area contributed by atoms with Crippen LogP contribution >= 0.6 is 22.6 Å². The van der Waals surface area contributed by atoms with E-state index in [4.69, 9.17) is 20.3 Å². The molecule has 1 aliphatic rings. The van der Waals surface area contributed by atoms with E-state index < -0.39 is 28.3 Å². The highest BCUT2D eigenvalue weighted by Crippen LogP contribution is 2.39. The van der Waals surface area contributed by atoms with Gasteiger partial charge in [-0.15, -0.1) is 0 Å². The van der Waals surface area contributed by atoms with Crippen LogP contribution in [0.3, 0.4) is 0 Å². The first-order chi connectivity index (χ1) is 15.7. The second kappa shape index (κ2) is 9.36. The first-order valence-electron chi connectivity index (χ1n) is 9.72. The molecule has 0 aliphatic carbocycles. The van der Waals surface area contributed by atoms with E-state index >= 15 is 0 Å². The number of nitrogens with two attached hydrogens (primary N) is 2. The lowest BCUT2D eigenvalue weighted by Crippen LogP contribution is -2.20. The standard InChI is InChI=1S/C19H20FIN6O5S/c1-10(6-7-32-33(23,28)29)27-17(24-15-16(22)25-19(20)26-18(15)27)14(13-8-30-9-31-13)11-4-2-3-5-12(11)21/h2-5,8,10,14H,6-7,9H2,1H3,(H2,22,25,26)(H2,23,28,29). The highest BCUT2D eigenvalue weighted by molar-refractivity contribution is 14.1. The Labute approximate surface area is 202 Å². The minimum Gasteiger partial charge on any atom is -0.462 e. The molecule has 2 unspecified atom stereocenters. The van der Waals surface area contributed by atoms with Gasteiger partial charge in [-0.1, -0.05) is 18.2 Å². The largest absolute Gasteiger partial charge is 0.462 e. The Morgan fingerprint density at radius 3 is 2.73 bits per heavy atom. The van der Waals surface area contributed by atoms with Gasteiger partial charge < -0.3 is 19.8 Å². The van der Waals surface area contributed by atoms with Crippen LogP contribution in [0.2, 0.25) is 0 Å². The van der Waals surface area contributed by atoms with Crippen molar-refractivity contribution in [1.29, 1.82) is 0 Å². The van der Waals surface area contributed by atoms with E-state index in [0.717, 1.165) is 9.13 Å². The van der Waals surface area contributed by atoms with E-state index in [-0.39, 0.29) is 36.8 Å². The lowest BCUT2D eigenvalue weighted by Gasteiger charge is -2.23. The number of ether oxygens (including phenoxy) is 2. The number of hydrogen-bond donors (Lipinski definition) is 2. The second-order valence-electron chi connectivity index (χ2n) is 7.25. The molecule has 176 valence electrons. The summed E-state index contributed by atoms with van der Waals surface area (Å²) in [5.74, 6) is 0.277. The van der Waals surface area contributed by atoms with E-state index in [1.165, 1.54) is 6.26 Å². The molecule has 11 nitrogen and oxygen atoms in total. The molecule has 3 heterocycles. The van der Waals surface area contributed by atoms with Crippen molar-refractivity contribution < 1.29 is 26.5 Å². The number of benzene rings is 1. The molecule has 4 N–H and O–H groups in total. The molecule has 1 aliphatic heterocycles. The fraction of sp³-hybridized carbons (Fsp3) is 0.316. The van der Waals surface area contributed by atoms with E-state index in [1.54, 1.807) is 11.5 Å². The highest BCUT2D eigenvalue weighted by Gasteiger charge is 2.33. The molecule has 2 aromatic heterocycles. The predicted octanol–water partition coefficient (Wildman–Crippen LogP) is 2.30. The van der Waals surface area contributed by atoms with Crippen LogP contribution in [0.5, 0.6) is 0 Å². The lowest BCUT2D eigenvalue weighted by atomic mass is 9.96. The number of halogens is 2. The number of rotatable bonds is 8. The van der Waals surface area contributed by atoms with Crippen LogP contribution in [-0.4, -0.2) is 41.3 Å². The lowest BCUT2D eigenvalue weighted by molar-refractivity contribution is 0.0763. The second-order valence-corrected chi connectivity index (χ2v) is 9.63. The van der Waals surface area contributed by atoms with Gasteiger partial charge in [0.2, 0.25) is 6.79 Å². The third-order valence-electron chi connectivity index (χ3n) is 5.04. The fourth-order valence-electron chi connectivity index (χ4n) is 3.62. The van der Waals surface area contributed by atoms with E-state index in [9.17, 15) is 12.8 Å². The summed E-state index contributed by atoms with van der Waals surface area (Å²) in [5, 5.41) is 4.93. The van der Waals surface area contributed by atoms with E-state index in [2.05, 4.69) is 41.7 Å². The zero-order valence-corrected chi connectivity index (χ0v) is 20.3. The first kappa shape index (κ1) is 23.6. The number of nitrogens with zero attached hydrogens (tertiary/aromatic N) is 4. The topological polar surface area (TPSA) is 157 Å².